The minimum atomic E-state index is 0.340. The normalized spacial score (nSPS) is 21.0. The SMILES string of the molecule is CC(C)(C)Cc1cncn1CCC1CCNC1. The lowest BCUT2D eigenvalue weighted by Gasteiger charge is -2.19. The second-order valence-corrected chi connectivity index (χ2v) is 6.46. The van der Waals surface area contributed by atoms with Crippen LogP contribution in [0, 0.1) is 11.3 Å². The molecule has 1 aromatic rings. The molecule has 1 aliphatic rings. The lowest BCUT2D eigenvalue weighted by atomic mass is 9.91. The fraction of sp³-hybridized carbons (Fsp3) is 0.786. The third-order valence-electron chi connectivity index (χ3n) is 3.45. The van der Waals surface area contributed by atoms with E-state index in [0.29, 0.717) is 5.41 Å². The van der Waals surface area contributed by atoms with Crippen molar-refractivity contribution in [2.75, 3.05) is 13.1 Å². The first kappa shape index (κ1) is 12.6. The minimum absolute atomic E-state index is 0.340. The molecule has 2 rings (SSSR count). The molecule has 1 aliphatic heterocycles. The van der Waals surface area contributed by atoms with Crippen molar-refractivity contribution in [2.24, 2.45) is 11.3 Å². The molecule has 0 amide bonds. The van der Waals surface area contributed by atoms with Crippen molar-refractivity contribution in [3.8, 4) is 0 Å². The van der Waals surface area contributed by atoms with Crippen molar-refractivity contribution in [1.82, 2.24) is 14.9 Å². The molecule has 3 nitrogen and oxygen atoms in total. The topological polar surface area (TPSA) is 29.9 Å². The number of hydrogen-bond acceptors (Lipinski definition) is 2. The van der Waals surface area contributed by atoms with Gasteiger partial charge in [-0.3, -0.25) is 0 Å². The summed E-state index contributed by atoms with van der Waals surface area (Å²) in [5.74, 6) is 0.861. The van der Waals surface area contributed by atoms with Crippen molar-refractivity contribution >= 4 is 0 Å². The molecule has 96 valence electrons. The van der Waals surface area contributed by atoms with Crippen molar-refractivity contribution < 1.29 is 0 Å². The van der Waals surface area contributed by atoms with E-state index >= 15 is 0 Å². The number of rotatable bonds is 4. The van der Waals surface area contributed by atoms with Gasteiger partial charge in [0.05, 0.1) is 6.33 Å². The molecule has 1 fully saturated rings. The molecular weight excluding hydrogens is 210 g/mol. The molecule has 0 radical (unpaired) electrons. The van der Waals surface area contributed by atoms with E-state index in [-0.39, 0.29) is 0 Å². The van der Waals surface area contributed by atoms with Crippen LogP contribution in [0.2, 0.25) is 0 Å². The van der Waals surface area contributed by atoms with Gasteiger partial charge in [0.1, 0.15) is 0 Å². The van der Waals surface area contributed by atoms with Crippen LogP contribution in [0.25, 0.3) is 0 Å². The van der Waals surface area contributed by atoms with Crippen LogP contribution < -0.4 is 5.32 Å². The molecule has 0 aliphatic carbocycles. The maximum atomic E-state index is 4.30. The zero-order chi connectivity index (χ0) is 12.3. The molecule has 2 heterocycles. The van der Waals surface area contributed by atoms with Gasteiger partial charge in [-0.05, 0) is 43.7 Å². The minimum Gasteiger partial charge on any atom is -0.335 e. The predicted octanol–water partition coefficient (Wildman–Crippen LogP) is 2.47. The summed E-state index contributed by atoms with van der Waals surface area (Å²) in [4.78, 5) is 4.30. The fourth-order valence-electron chi connectivity index (χ4n) is 2.52. The zero-order valence-corrected chi connectivity index (χ0v) is 11.4. The summed E-state index contributed by atoms with van der Waals surface area (Å²) in [7, 11) is 0. The van der Waals surface area contributed by atoms with Gasteiger partial charge in [0.15, 0.2) is 0 Å². The largest absolute Gasteiger partial charge is 0.335 e. The Morgan fingerprint density at radius 3 is 2.94 bits per heavy atom. The van der Waals surface area contributed by atoms with Gasteiger partial charge < -0.3 is 9.88 Å². The summed E-state index contributed by atoms with van der Waals surface area (Å²) < 4.78 is 2.34. The highest BCUT2D eigenvalue weighted by molar-refractivity contribution is 5.01. The van der Waals surface area contributed by atoms with Crippen LogP contribution in [0.5, 0.6) is 0 Å². The third-order valence-corrected chi connectivity index (χ3v) is 3.45. The van der Waals surface area contributed by atoms with Crippen molar-refractivity contribution in [1.29, 1.82) is 0 Å². The van der Waals surface area contributed by atoms with Crippen LogP contribution in [0.15, 0.2) is 12.5 Å². The lowest BCUT2D eigenvalue weighted by Crippen LogP contribution is -2.15. The van der Waals surface area contributed by atoms with E-state index in [4.69, 9.17) is 0 Å². The molecule has 1 saturated heterocycles. The zero-order valence-electron chi connectivity index (χ0n) is 11.4. The van der Waals surface area contributed by atoms with Gasteiger partial charge in [-0.25, -0.2) is 4.98 Å². The Balaban J connectivity index is 1.89. The van der Waals surface area contributed by atoms with E-state index in [1.54, 1.807) is 0 Å². The first-order valence-electron chi connectivity index (χ1n) is 6.74. The lowest BCUT2D eigenvalue weighted by molar-refractivity contribution is 0.391. The van der Waals surface area contributed by atoms with E-state index in [0.717, 1.165) is 18.9 Å². The number of imidazole rings is 1. The quantitative estimate of drug-likeness (QED) is 0.869. The van der Waals surface area contributed by atoms with Crippen LogP contribution in [-0.4, -0.2) is 22.6 Å². The van der Waals surface area contributed by atoms with Crippen LogP contribution in [0.1, 0.15) is 39.3 Å². The van der Waals surface area contributed by atoms with Crippen LogP contribution in [-0.2, 0) is 13.0 Å². The highest BCUT2D eigenvalue weighted by Gasteiger charge is 2.17. The standard InChI is InChI=1S/C14H25N3/c1-14(2,3)8-13-10-16-11-17(13)7-5-12-4-6-15-9-12/h10-12,15H,4-9H2,1-3H3. The maximum absolute atomic E-state index is 4.30. The molecule has 17 heavy (non-hydrogen) atoms. The summed E-state index contributed by atoms with van der Waals surface area (Å²) in [6, 6.07) is 0. The van der Waals surface area contributed by atoms with Crippen molar-refractivity contribution in [3.63, 3.8) is 0 Å². The van der Waals surface area contributed by atoms with Gasteiger partial charge in [0, 0.05) is 18.4 Å². The monoisotopic (exact) mass is 235 g/mol. The first-order valence-corrected chi connectivity index (χ1v) is 6.74. The molecule has 0 aromatic carbocycles. The molecule has 1 N–H and O–H groups in total. The second kappa shape index (κ2) is 5.21. The summed E-state index contributed by atoms with van der Waals surface area (Å²) in [5, 5.41) is 3.43. The molecular formula is C14H25N3. The predicted molar refractivity (Wildman–Crippen MR) is 71.0 cm³/mol. The summed E-state index contributed by atoms with van der Waals surface area (Å²) in [5.41, 5.74) is 1.72. The number of nitrogens with one attached hydrogen (secondary N) is 1. The summed E-state index contributed by atoms with van der Waals surface area (Å²) >= 11 is 0. The number of aromatic nitrogens is 2. The Kier molecular flexibility index (Phi) is 3.87. The summed E-state index contributed by atoms with van der Waals surface area (Å²) in [6.45, 7) is 10.4. The Morgan fingerprint density at radius 2 is 2.29 bits per heavy atom. The maximum Gasteiger partial charge on any atom is 0.0948 e. The van der Waals surface area contributed by atoms with Crippen LogP contribution >= 0.6 is 0 Å². The highest BCUT2D eigenvalue weighted by Crippen LogP contribution is 2.21. The van der Waals surface area contributed by atoms with E-state index < -0.39 is 0 Å². The molecule has 3 heteroatoms. The average molecular weight is 235 g/mol. The molecule has 1 atom stereocenters. The first-order chi connectivity index (χ1) is 8.04. The van der Waals surface area contributed by atoms with Crippen LogP contribution in [0.3, 0.4) is 0 Å². The number of nitrogens with zero attached hydrogens (tertiary/aromatic N) is 2. The third kappa shape index (κ3) is 3.84. The summed E-state index contributed by atoms with van der Waals surface area (Å²) in [6.07, 6.45) is 7.74. The van der Waals surface area contributed by atoms with E-state index in [2.05, 4.69) is 35.6 Å². The molecule has 1 unspecified atom stereocenters. The molecule has 0 saturated carbocycles. The molecule has 0 spiro atoms. The average Bonchev–Trinajstić information content (AvgIpc) is 2.83. The Bertz CT molecular complexity index is 343. The van der Waals surface area contributed by atoms with Gasteiger partial charge >= 0.3 is 0 Å². The smallest absolute Gasteiger partial charge is 0.0948 e. The van der Waals surface area contributed by atoms with Crippen molar-refractivity contribution in [2.45, 2.75) is 46.6 Å². The van der Waals surface area contributed by atoms with E-state index in [9.17, 15) is 0 Å². The van der Waals surface area contributed by atoms with Gasteiger partial charge in [-0.1, -0.05) is 20.8 Å². The van der Waals surface area contributed by atoms with Gasteiger partial charge in [-0.2, -0.15) is 0 Å². The molecule has 0 bridgehead atoms. The number of hydrogen-bond donors (Lipinski definition) is 1. The fourth-order valence-corrected chi connectivity index (χ4v) is 2.52. The number of aryl methyl sites for hydroxylation is 1. The van der Waals surface area contributed by atoms with Crippen LogP contribution in [0.4, 0.5) is 0 Å². The second-order valence-electron chi connectivity index (χ2n) is 6.46. The molecule has 1 aromatic heterocycles. The van der Waals surface area contributed by atoms with E-state index in [1.165, 1.54) is 31.6 Å². The van der Waals surface area contributed by atoms with Gasteiger partial charge in [0.2, 0.25) is 0 Å². The highest BCUT2D eigenvalue weighted by atomic mass is 15.0. The Morgan fingerprint density at radius 1 is 1.47 bits per heavy atom. The van der Waals surface area contributed by atoms with Crippen molar-refractivity contribution in [3.05, 3.63) is 18.2 Å². The van der Waals surface area contributed by atoms with E-state index in [1.807, 2.05) is 12.5 Å². The van der Waals surface area contributed by atoms with Gasteiger partial charge in [-0.15, -0.1) is 0 Å². The Hall–Kier alpha value is -0.830. The van der Waals surface area contributed by atoms with Gasteiger partial charge in [0.25, 0.3) is 0 Å². The Labute approximate surface area is 105 Å².